The first-order chi connectivity index (χ1) is 12.6. The molecule has 26 heavy (non-hydrogen) atoms. The number of carbonyl (C=O) groups excluding carboxylic acids is 2. The maximum Gasteiger partial charge on any atom is 0.233 e. The van der Waals surface area contributed by atoms with Crippen LogP contribution in [0.25, 0.3) is 0 Å². The highest BCUT2D eigenvalue weighted by Crippen LogP contribution is 2.32. The van der Waals surface area contributed by atoms with Gasteiger partial charge in [0.25, 0.3) is 0 Å². The molecule has 4 nitrogen and oxygen atoms in total. The van der Waals surface area contributed by atoms with Crippen molar-refractivity contribution >= 4 is 17.4 Å². The number of aryl methyl sites for hydroxylation is 1. The fourth-order valence-corrected chi connectivity index (χ4v) is 3.51. The Morgan fingerprint density at radius 1 is 0.962 bits per heavy atom. The molecule has 130 valence electrons. The summed E-state index contributed by atoms with van der Waals surface area (Å²) in [7, 11) is 0. The van der Waals surface area contributed by atoms with Crippen molar-refractivity contribution in [3.63, 3.8) is 0 Å². The van der Waals surface area contributed by atoms with E-state index in [-0.39, 0.29) is 17.6 Å². The van der Waals surface area contributed by atoms with E-state index in [2.05, 4.69) is 5.32 Å². The Morgan fingerprint density at radius 2 is 1.69 bits per heavy atom. The van der Waals surface area contributed by atoms with Crippen LogP contribution in [0.4, 0.5) is 5.69 Å². The summed E-state index contributed by atoms with van der Waals surface area (Å²) in [6.07, 6.45) is 0.711. The molecule has 0 aliphatic carbocycles. The molecular formula is C22H20N2O2. The molecule has 1 aliphatic heterocycles. The lowest BCUT2D eigenvalue weighted by Gasteiger charge is -2.11. The van der Waals surface area contributed by atoms with E-state index < -0.39 is 0 Å². The number of rotatable bonds is 4. The molecule has 1 N–H and O–H groups in total. The Balaban J connectivity index is 1.55. The third-order valence-electron chi connectivity index (χ3n) is 4.92. The molecule has 4 rings (SSSR count). The Kier molecular flexibility index (Phi) is 4.17. The number of amides is 1. The molecule has 0 radical (unpaired) electrons. The van der Waals surface area contributed by atoms with Gasteiger partial charge >= 0.3 is 0 Å². The lowest BCUT2D eigenvalue weighted by molar-refractivity contribution is -0.117. The lowest BCUT2D eigenvalue weighted by Crippen LogP contribution is -2.19. The highest BCUT2D eigenvalue weighted by Gasteiger charge is 2.31. The second-order valence-electron chi connectivity index (χ2n) is 6.69. The van der Waals surface area contributed by atoms with Crippen molar-refractivity contribution in [1.29, 1.82) is 0 Å². The molecule has 3 aromatic rings. The third kappa shape index (κ3) is 2.94. The predicted molar refractivity (Wildman–Crippen MR) is 101 cm³/mol. The van der Waals surface area contributed by atoms with Crippen LogP contribution in [-0.2, 0) is 11.3 Å². The van der Waals surface area contributed by atoms with Gasteiger partial charge in [-0.2, -0.15) is 0 Å². The maximum absolute atomic E-state index is 12.7. The predicted octanol–water partition coefficient (Wildman–Crippen LogP) is 4.15. The van der Waals surface area contributed by atoms with Crippen LogP contribution in [0.15, 0.2) is 66.7 Å². The smallest absolute Gasteiger partial charge is 0.233 e. The zero-order chi connectivity index (χ0) is 18.1. The fourth-order valence-electron chi connectivity index (χ4n) is 3.51. The minimum Gasteiger partial charge on any atom is -0.341 e. The van der Waals surface area contributed by atoms with Crippen LogP contribution in [0.2, 0.25) is 0 Å². The van der Waals surface area contributed by atoms with Crippen LogP contribution >= 0.6 is 0 Å². The molecule has 0 bridgehead atoms. The summed E-state index contributed by atoms with van der Waals surface area (Å²) >= 11 is 0. The average molecular weight is 344 g/mol. The third-order valence-corrected chi connectivity index (χ3v) is 4.92. The van der Waals surface area contributed by atoms with Crippen LogP contribution in [0.5, 0.6) is 0 Å². The van der Waals surface area contributed by atoms with Gasteiger partial charge in [-0.15, -0.1) is 0 Å². The Morgan fingerprint density at radius 3 is 2.42 bits per heavy atom. The number of carbonyl (C=O) groups is 2. The van der Waals surface area contributed by atoms with E-state index in [4.69, 9.17) is 0 Å². The summed E-state index contributed by atoms with van der Waals surface area (Å²) in [4.78, 5) is 25.4. The number of hydrogen-bond acceptors (Lipinski definition) is 2. The molecule has 4 heteroatoms. The standard InChI is InChI=1S/C22H20N2O2/c1-15-7-9-17(10-8-15)23-22(26)18-13-14-24-19(18)11-12-20(24)21(25)16-5-3-2-4-6-16/h2-12,18H,13-14H2,1H3,(H,23,26)/t18-/m0/s1. The van der Waals surface area contributed by atoms with Gasteiger partial charge in [0, 0.05) is 23.5 Å². The van der Waals surface area contributed by atoms with Crippen molar-refractivity contribution in [1.82, 2.24) is 4.57 Å². The van der Waals surface area contributed by atoms with Gasteiger partial charge < -0.3 is 9.88 Å². The first kappa shape index (κ1) is 16.3. The molecule has 0 spiro atoms. The molecule has 1 aromatic heterocycles. The number of ketones is 1. The molecule has 0 unspecified atom stereocenters. The number of nitrogens with one attached hydrogen (secondary N) is 1. The van der Waals surface area contributed by atoms with Crippen molar-refractivity contribution < 1.29 is 9.59 Å². The minimum absolute atomic E-state index is 0.00329. The van der Waals surface area contributed by atoms with Crippen molar-refractivity contribution in [3.8, 4) is 0 Å². The topological polar surface area (TPSA) is 51.1 Å². The molecule has 0 fully saturated rings. The highest BCUT2D eigenvalue weighted by molar-refractivity contribution is 6.08. The normalized spacial score (nSPS) is 15.5. The number of anilines is 1. The second-order valence-corrected chi connectivity index (χ2v) is 6.69. The van der Waals surface area contributed by atoms with E-state index in [0.717, 1.165) is 16.9 Å². The van der Waals surface area contributed by atoms with Gasteiger partial charge in [0.15, 0.2) is 0 Å². The largest absolute Gasteiger partial charge is 0.341 e. The summed E-state index contributed by atoms with van der Waals surface area (Å²) in [6, 6.07) is 20.8. The van der Waals surface area contributed by atoms with Crippen molar-refractivity contribution in [2.24, 2.45) is 0 Å². The molecule has 1 aliphatic rings. The molecule has 0 saturated heterocycles. The first-order valence-corrected chi connectivity index (χ1v) is 8.80. The molecule has 2 aromatic carbocycles. The monoisotopic (exact) mass is 344 g/mol. The molecule has 1 amide bonds. The van der Waals surface area contributed by atoms with E-state index >= 15 is 0 Å². The zero-order valence-corrected chi connectivity index (χ0v) is 14.6. The highest BCUT2D eigenvalue weighted by atomic mass is 16.2. The van der Waals surface area contributed by atoms with Gasteiger partial charge in [-0.1, -0.05) is 48.0 Å². The number of aromatic nitrogens is 1. The average Bonchev–Trinajstić information content (AvgIpc) is 3.26. The Bertz CT molecular complexity index is 956. The summed E-state index contributed by atoms with van der Waals surface area (Å²) < 4.78 is 1.98. The number of benzene rings is 2. The second kappa shape index (κ2) is 6.64. The van der Waals surface area contributed by atoms with Gasteiger partial charge in [0.05, 0.1) is 11.6 Å². The van der Waals surface area contributed by atoms with E-state index in [1.165, 1.54) is 0 Å². The summed E-state index contributed by atoms with van der Waals surface area (Å²) in [5, 5.41) is 2.98. The molecule has 2 heterocycles. The summed E-state index contributed by atoms with van der Waals surface area (Å²) in [5.41, 5.74) is 4.18. The number of fused-ring (bicyclic) bond motifs is 1. The van der Waals surface area contributed by atoms with Crippen LogP contribution in [0.1, 0.15) is 39.6 Å². The van der Waals surface area contributed by atoms with Gasteiger partial charge in [-0.3, -0.25) is 9.59 Å². The Hall–Kier alpha value is -3.14. The van der Waals surface area contributed by atoms with E-state index in [1.54, 1.807) is 0 Å². The summed E-state index contributed by atoms with van der Waals surface area (Å²) in [5.74, 6) is -0.255. The van der Waals surface area contributed by atoms with Crippen LogP contribution in [0, 0.1) is 6.92 Å². The summed E-state index contributed by atoms with van der Waals surface area (Å²) in [6.45, 7) is 2.70. The maximum atomic E-state index is 12.7. The SMILES string of the molecule is Cc1ccc(NC(=O)[C@H]2CCn3c(C(=O)c4ccccc4)ccc32)cc1. The lowest BCUT2D eigenvalue weighted by atomic mass is 10.0. The zero-order valence-electron chi connectivity index (χ0n) is 14.6. The van der Waals surface area contributed by atoms with Gasteiger partial charge in [0.1, 0.15) is 0 Å². The van der Waals surface area contributed by atoms with Crippen molar-refractivity contribution in [2.45, 2.75) is 25.8 Å². The van der Waals surface area contributed by atoms with Gasteiger partial charge in [0.2, 0.25) is 11.7 Å². The molecule has 1 atom stereocenters. The molecular weight excluding hydrogens is 324 g/mol. The van der Waals surface area contributed by atoms with Gasteiger partial charge in [-0.05, 0) is 37.6 Å². The van der Waals surface area contributed by atoms with E-state index in [0.29, 0.717) is 24.2 Å². The number of nitrogens with zero attached hydrogens (tertiary/aromatic N) is 1. The number of hydrogen-bond donors (Lipinski definition) is 1. The molecule has 0 saturated carbocycles. The van der Waals surface area contributed by atoms with Crippen LogP contribution in [-0.4, -0.2) is 16.3 Å². The van der Waals surface area contributed by atoms with Gasteiger partial charge in [-0.25, -0.2) is 0 Å². The Labute approximate surface area is 152 Å². The quantitative estimate of drug-likeness (QED) is 0.723. The van der Waals surface area contributed by atoms with E-state index in [9.17, 15) is 9.59 Å². The van der Waals surface area contributed by atoms with Crippen molar-refractivity contribution in [3.05, 3.63) is 89.2 Å². The fraction of sp³-hybridized carbons (Fsp3) is 0.182. The minimum atomic E-state index is -0.228. The van der Waals surface area contributed by atoms with Crippen LogP contribution in [0.3, 0.4) is 0 Å². The van der Waals surface area contributed by atoms with Crippen molar-refractivity contribution in [2.75, 3.05) is 5.32 Å². The first-order valence-electron chi connectivity index (χ1n) is 8.80. The van der Waals surface area contributed by atoms with E-state index in [1.807, 2.05) is 78.2 Å². The van der Waals surface area contributed by atoms with Crippen LogP contribution < -0.4 is 5.32 Å².